The Balaban J connectivity index is 1.42. The second-order valence-electron chi connectivity index (χ2n) is 6.22. The molecule has 0 atom stereocenters. The summed E-state index contributed by atoms with van der Waals surface area (Å²) in [5, 5.41) is 6.84. The van der Waals surface area contributed by atoms with Gasteiger partial charge in [-0.25, -0.2) is 13.8 Å². The molecule has 0 spiro atoms. The summed E-state index contributed by atoms with van der Waals surface area (Å²) in [4.78, 5) is 21.5. The predicted octanol–water partition coefficient (Wildman–Crippen LogP) is 4.62. The highest BCUT2D eigenvalue weighted by atomic mass is 32.1. The van der Waals surface area contributed by atoms with E-state index in [0.717, 1.165) is 10.9 Å². The lowest BCUT2D eigenvalue weighted by Gasteiger charge is -2.02. The summed E-state index contributed by atoms with van der Waals surface area (Å²) in [7, 11) is 0. The van der Waals surface area contributed by atoms with Crippen LogP contribution in [0.1, 0.15) is 26.6 Å². The van der Waals surface area contributed by atoms with Crippen molar-refractivity contribution >= 4 is 22.4 Å². The van der Waals surface area contributed by atoms with Gasteiger partial charge in [-0.3, -0.25) is 10.1 Å². The number of aromatic nitrogens is 3. The van der Waals surface area contributed by atoms with Crippen molar-refractivity contribution in [1.29, 1.82) is 0 Å². The topological polar surface area (TPSA) is 80.9 Å². The Kier molecular flexibility index (Phi) is 5.13. The number of carbonyl (C=O) groups excluding carboxylic acids is 1. The molecule has 0 radical (unpaired) electrons. The van der Waals surface area contributed by atoms with E-state index in [1.165, 1.54) is 23.5 Å². The number of amides is 1. The number of thiazole rings is 1. The maximum absolute atomic E-state index is 13.8. The van der Waals surface area contributed by atoms with Gasteiger partial charge in [0.25, 0.3) is 11.8 Å². The third-order valence-electron chi connectivity index (χ3n) is 4.08. The van der Waals surface area contributed by atoms with Gasteiger partial charge in [-0.1, -0.05) is 11.2 Å². The SMILES string of the molecule is Cc1noc(-c2ccc(C(=O)Nc3ncc(Cc4ccc(F)cc4F)s3)cc2)n1. The van der Waals surface area contributed by atoms with Gasteiger partial charge in [0, 0.05) is 34.7 Å². The summed E-state index contributed by atoms with van der Waals surface area (Å²) in [6.07, 6.45) is 1.82. The molecule has 0 saturated carbocycles. The van der Waals surface area contributed by atoms with Gasteiger partial charge in [0.15, 0.2) is 11.0 Å². The number of benzene rings is 2. The zero-order valence-electron chi connectivity index (χ0n) is 15.1. The molecular weight excluding hydrogens is 398 g/mol. The first-order valence-corrected chi connectivity index (χ1v) is 9.40. The molecule has 2 aromatic carbocycles. The van der Waals surface area contributed by atoms with Crippen LogP contribution in [0.15, 0.2) is 53.2 Å². The van der Waals surface area contributed by atoms with E-state index in [1.807, 2.05) is 0 Å². The molecule has 1 N–H and O–H groups in total. The fourth-order valence-electron chi connectivity index (χ4n) is 2.65. The van der Waals surface area contributed by atoms with E-state index in [2.05, 4.69) is 20.4 Å². The molecule has 0 fully saturated rings. The number of carbonyl (C=O) groups is 1. The van der Waals surface area contributed by atoms with Gasteiger partial charge in [-0.2, -0.15) is 4.98 Å². The molecule has 0 unspecified atom stereocenters. The summed E-state index contributed by atoms with van der Waals surface area (Å²) < 4.78 is 31.9. The minimum Gasteiger partial charge on any atom is -0.334 e. The van der Waals surface area contributed by atoms with Crippen LogP contribution in [0.3, 0.4) is 0 Å². The predicted molar refractivity (Wildman–Crippen MR) is 104 cm³/mol. The first-order valence-electron chi connectivity index (χ1n) is 8.58. The van der Waals surface area contributed by atoms with E-state index in [-0.39, 0.29) is 12.3 Å². The van der Waals surface area contributed by atoms with Crippen molar-refractivity contribution in [2.24, 2.45) is 0 Å². The van der Waals surface area contributed by atoms with Crippen molar-refractivity contribution in [3.63, 3.8) is 0 Å². The summed E-state index contributed by atoms with van der Waals surface area (Å²) in [5.41, 5.74) is 1.51. The number of hydrogen-bond donors (Lipinski definition) is 1. The average molecular weight is 412 g/mol. The second-order valence-corrected chi connectivity index (χ2v) is 7.34. The zero-order valence-corrected chi connectivity index (χ0v) is 16.0. The second kappa shape index (κ2) is 7.88. The Bertz CT molecular complexity index is 1170. The number of aryl methyl sites for hydroxylation is 1. The van der Waals surface area contributed by atoms with Crippen LogP contribution in [-0.2, 0) is 6.42 Å². The molecule has 29 heavy (non-hydrogen) atoms. The van der Waals surface area contributed by atoms with Crippen molar-refractivity contribution in [3.8, 4) is 11.5 Å². The Morgan fingerprint density at radius 2 is 1.97 bits per heavy atom. The van der Waals surface area contributed by atoms with E-state index in [4.69, 9.17) is 4.52 Å². The molecule has 0 saturated heterocycles. The van der Waals surface area contributed by atoms with E-state index in [0.29, 0.717) is 33.5 Å². The van der Waals surface area contributed by atoms with Crippen LogP contribution in [0.5, 0.6) is 0 Å². The molecule has 4 rings (SSSR count). The minimum absolute atomic E-state index is 0.262. The molecule has 1 amide bonds. The Hall–Kier alpha value is -3.46. The molecule has 0 aliphatic rings. The maximum Gasteiger partial charge on any atom is 0.257 e. The first-order chi connectivity index (χ1) is 14.0. The lowest BCUT2D eigenvalue weighted by atomic mass is 10.1. The van der Waals surface area contributed by atoms with E-state index < -0.39 is 11.6 Å². The minimum atomic E-state index is -0.622. The van der Waals surface area contributed by atoms with Gasteiger partial charge in [0.1, 0.15) is 11.6 Å². The van der Waals surface area contributed by atoms with Crippen molar-refractivity contribution in [2.75, 3.05) is 5.32 Å². The van der Waals surface area contributed by atoms with Crippen LogP contribution in [0.2, 0.25) is 0 Å². The molecule has 0 bridgehead atoms. The normalized spacial score (nSPS) is 10.9. The lowest BCUT2D eigenvalue weighted by molar-refractivity contribution is 0.102. The summed E-state index contributed by atoms with van der Waals surface area (Å²) >= 11 is 1.23. The molecule has 0 aliphatic heterocycles. The van der Waals surface area contributed by atoms with Gasteiger partial charge >= 0.3 is 0 Å². The van der Waals surface area contributed by atoms with Crippen molar-refractivity contribution in [2.45, 2.75) is 13.3 Å². The Morgan fingerprint density at radius 3 is 2.66 bits per heavy atom. The molecular formula is C20H14F2N4O2S. The third-order valence-corrected chi connectivity index (χ3v) is 4.99. The van der Waals surface area contributed by atoms with Gasteiger partial charge in [0.05, 0.1) is 0 Å². The highest BCUT2D eigenvalue weighted by Gasteiger charge is 2.12. The standard InChI is InChI=1S/C20H14F2N4O2S/c1-11-24-19(28-26-11)13-4-2-12(3-5-13)18(27)25-20-23-10-16(29-20)8-14-6-7-15(21)9-17(14)22/h2-7,9-10H,8H2,1H3,(H,23,25,27). The number of nitrogens with one attached hydrogen (secondary N) is 1. The van der Waals surface area contributed by atoms with Crippen molar-refractivity contribution < 1.29 is 18.1 Å². The lowest BCUT2D eigenvalue weighted by Crippen LogP contribution is -2.11. The van der Waals surface area contributed by atoms with E-state index in [9.17, 15) is 13.6 Å². The first kappa shape index (κ1) is 18.9. The van der Waals surface area contributed by atoms with Crippen LogP contribution < -0.4 is 5.32 Å². The summed E-state index contributed by atoms with van der Waals surface area (Å²) in [5.74, 6) is -0.648. The number of nitrogens with zero attached hydrogens (tertiary/aromatic N) is 3. The Labute approximate surface area is 168 Å². The molecule has 9 heteroatoms. The maximum atomic E-state index is 13.8. The Morgan fingerprint density at radius 1 is 1.17 bits per heavy atom. The van der Waals surface area contributed by atoms with Crippen LogP contribution in [0.4, 0.5) is 13.9 Å². The monoisotopic (exact) mass is 412 g/mol. The van der Waals surface area contributed by atoms with Crippen LogP contribution in [0, 0.1) is 18.6 Å². The molecule has 2 heterocycles. The van der Waals surface area contributed by atoms with Gasteiger partial charge in [-0.15, -0.1) is 11.3 Å². The smallest absolute Gasteiger partial charge is 0.257 e. The quantitative estimate of drug-likeness (QED) is 0.517. The van der Waals surface area contributed by atoms with Crippen LogP contribution in [0.25, 0.3) is 11.5 Å². The van der Waals surface area contributed by atoms with E-state index >= 15 is 0 Å². The third kappa shape index (κ3) is 4.35. The fourth-order valence-corrected chi connectivity index (χ4v) is 3.48. The molecule has 2 aromatic heterocycles. The molecule has 4 aromatic rings. The number of hydrogen-bond acceptors (Lipinski definition) is 6. The summed E-state index contributed by atoms with van der Waals surface area (Å²) in [6.45, 7) is 1.72. The largest absolute Gasteiger partial charge is 0.334 e. The average Bonchev–Trinajstić information content (AvgIpc) is 3.33. The highest BCUT2D eigenvalue weighted by molar-refractivity contribution is 7.15. The number of halogens is 2. The van der Waals surface area contributed by atoms with Gasteiger partial charge < -0.3 is 4.52 Å². The molecule has 146 valence electrons. The fraction of sp³-hybridized carbons (Fsp3) is 0.100. The van der Waals surface area contributed by atoms with Crippen LogP contribution in [-0.4, -0.2) is 21.0 Å². The summed E-state index contributed by atoms with van der Waals surface area (Å²) in [6, 6.07) is 10.2. The number of rotatable bonds is 5. The molecule has 0 aliphatic carbocycles. The van der Waals surface area contributed by atoms with Gasteiger partial charge in [-0.05, 0) is 42.8 Å². The van der Waals surface area contributed by atoms with Crippen molar-refractivity contribution in [3.05, 3.63) is 82.1 Å². The van der Waals surface area contributed by atoms with Gasteiger partial charge in [0.2, 0.25) is 0 Å². The van der Waals surface area contributed by atoms with E-state index in [1.54, 1.807) is 37.4 Å². The highest BCUT2D eigenvalue weighted by Crippen LogP contribution is 2.24. The van der Waals surface area contributed by atoms with Crippen molar-refractivity contribution in [1.82, 2.24) is 15.1 Å². The zero-order chi connectivity index (χ0) is 20.4. The number of anilines is 1. The molecule has 6 nitrogen and oxygen atoms in total. The van der Waals surface area contributed by atoms with Crippen LogP contribution >= 0.6 is 11.3 Å².